The van der Waals surface area contributed by atoms with Crippen LogP contribution < -0.4 is 4.74 Å². The van der Waals surface area contributed by atoms with Gasteiger partial charge in [0.2, 0.25) is 0 Å². The van der Waals surface area contributed by atoms with Crippen LogP contribution in [0.2, 0.25) is 0 Å². The van der Waals surface area contributed by atoms with Crippen LogP contribution in [0, 0.1) is 0 Å². The first-order valence-electron chi connectivity index (χ1n) is 9.97. The Hall–Kier alpha value is -3.73. The van der Waals surface area contributed by atoms with Crippen LogP contribution in [0.5, 0.6) is 5.75 Å². The standard InChI is InChI=1S/C26H16F3NO/c27-26(28,29)15-31-16-12-13-24-22(14-16)18-7-2-1-6-17(18)20-9-5-10-21-19-8-3-4-11-23(19)30(24)25(20)21/h1-14H,15H2. The number of rotatable bonds is 2. The number of halogens is 3. The zero-order chi connectivity index (χ0) is 21.2. The zero-order valence-corrected chi connectivity index (χ0v) is 16.3. The van der Waals surface area contributed by atoms with Gasteiger partial charge in [-0.2, -0.15) is 13.2 Å². The molecule has 0 aliphatic carbocycles. The van der Waals surface area contributed by atoms with E-state index in [1.165, 1.54) is 0 Å². The summed E-state index contributed by atoms with van der Waals surface area (Å²) in [6, 6.07) is 27.7. The van der Waals surface area contributed by atoms with Gasteiger partial charge in [0.25, 0.3) is 0 Å². The van der Waals surface area contributed by atoms with Crippen molar-refractivity contribution in [2.75, 3.05) is 6.61 Å². The fourth-order valence-electron chi connectivity index (χ4n) is 4.62. The van der Waals surface area contributed by atoms with Gasteiger partial charge in [-0.15, -0.1) is 0 Å². The maximum Gasteiger partial charge on any atom is 0.422 e. The normalized spacial score (nSPS) is 12.5. The van der Waals surface area contributed by atoms with Crippen molar-refractivity contribution in [3.8, 4) is 33.7 Å². The highest BCUT2D eigenvalue weighted by Gasteiger charge is 2.29. The molecule has 0 fully saturated rings. The molecule has 0 spiro atoms. The van der Waals surface area contributed by atoms with Crippen LogP contribution in [0.1, 0.15) is 0 Å². The lowest BCUT2D eigenvalue weighted by molar-refractivity contribution is -0.153. The van der Waals surface area contributed by atoms with Crippen LogP contribution in [-0.4, -0.2) is 17.4 Å². The molecule has 0 amide bonds. The third-order valence-corrected chi connectivity index (χ3v) is 5.81. The van der Waals surface area contributed by atoms with Crippen molar-refractivity contribution in [1.29, 1.82) is 0 Å². The third kappa shape index (κ3) is 2.73. The zero-order valence-electron chi connectivity index (χ0n) is 16.3. The summed E-state index contributed by atoms with van der Waals surface area (Å²) < 4.78 is 45.4. The second-order valence-electron chi connectivity index (χ2n) is 7.68. The predicted octanol–water partition coefficient (Wildman–Crippen LogP) is 7.37. The lowest BCUT2D eigenvalue weighted by Crippen LogP contribution is -2.19. The number of hydrogen-bond acceptors (Lipinski definition) is 1. The van der Waals surface area contributed by atoms with Gasteiger partial charge in [-0.05, 0) is 35.4 Å². The van der Waals surface area contributed by atoms with E-state index in [9.17, 15) is 13.2 Å². The number of ether oxygens (including phenoxy) is 1. The van der Waals surface area contributed by atoms with Gasteiger partial charge in [-0.1, -0.05) is 60.7 Å². The van der Waals surface area contributed by atoms with Crippen molar-refractivity contribution in [2.45, 2.75) is 6.18 Å². The summed E-state index contributed by atoms with van der Waals surface area (Å²) in [6.45, 7) is -1.32. The van der Waals surface area contributed by atoms with E-state index in [4.69, 9.17) is 4.74 Å². The van der Waals surface area contributed by atoms with Crippen molar-refractivity contribution in [3.05, 3.63) is 84.9 Å². The van der Waals surface area contributed by atoms with Gasteiger partial charge in [0.15, 0.2) is 6.61 Å². The maximum atomic E-state index is 12.7. The van der Waals surface area contributed by atoms with Crippen LogP contribution in [0.3, 0.4) is 0 Å². The topological polar surface area (TPSA) is 14.2 Å². The summed E-state index contributed by atoms with van der Waals surface area (Å²) in [5, 5.41) is 2.29. The molecule has 1 aliphatic rings. The Morgan fingerprint density at radius 3 is 2.16 bits per heavy atom. The average molecular weight is 415 g/mol. The molecule has 2 heterocycles. The molecule has 1 aliphatic heterocycles. The predicted molar refractivity (Wildman–Crippen MR) is 117 cm³/mol. The molecule has 0 unspecified atom stereocenters. The van der Waals surface area contributed by atoms with Crippen LogP contribution in [0.15, 0.2) is 84.9 Å². The second kappa shape index (κ2) is 6.38. The van der Waals surface area contributed by atoms with Crippen LogP contribution in [-0.2, 0) is 0 Å². The van der Waals surface area contributed by atoms with Crippen molar-refractivity contribution < 1.29 is 17.9 Å². The van der Waals surface area contributed by atoms with E-state index in [2.05, 4.69) is 41.0 Å². The number of benzene rings is 4. The van der Waals surface area contributed by atoms with Crippen LogP contribution >= 0.6 is 0 Å². The number of fused-ring (bicyclic) bond motifs is 8. The molecule has 0 saturated heterocycles. The maximum absolute atomic E-state index is 12.7. The summed E-state index contributed by atoms with van der Waals surface area (Å²) in [5.74, 6) is 0.199. The largest absolute Gasteiger partial charge is 0.484 e. The summed E-state index contributed by atoms with van der Waals surface area (Å²) in [5.41, 5.74) is 7.02. The van der Waals surface area contributed by atoms with Gasteiger partial charge in [0.05, 0.1) is 16.7 Å². The average Bonchev–Trinajstić information content (AvgIpc) is 3.05. The SMILES string of the molecule is FC(F)(F)COc1ccc2c(c1)-c1ccccc1-c1cccc3c4ccccc4n-2c13. The monoisotopic (exact) mass is 415 g/mol. The first kappa shape index (κ1) is 18.1. The number of aromatic nitrogens is 1. The van der Waals surface area contributed by atoms with Crippen molar-refractivity contribution in [2.24, 2.45) is 0 Å². The lowest BCUT2D eigenvalue weighted by Gasteiger charge is -2.15. The van der Waals surface area contributed by atoms with E-state index in [1.54, 1.807) is 12.1 Å². The van der Waals surface area contributed by atoms with Gasteiger partial charge >= 0.3 is 6.18 Å². The number of para-hydroxylation sites is 2. The minimum Gasteiger partial charge on any atom is -0.484 e. The Morgan fingerprint density at radius 1 is 0.677 bits per heavy atom. The highest BCUT2D eigenvalue weighted by atomic mass is 19.4. The minimum atomic E-state index is -4.39. The van der Waals surface area contributed by atoms with Crippen LogP contribution in [0.25, 0.3) is 49.7 Å². The fraction of sp³-hybridized carbons (Fsp3) is 0.0769. The van der Waals surface area contributed by atoms with E-state index >= 15 is 0 Å². The Morgan fingerprint density at radius 2 is 1.35 bits per heavy atom. The number of nitrogens with zero attached hydrogens (tertiary/aromatic N) is 1. The fourth-order valence-corrected chi connectivity index (χ4v) is 4.62. The van der Waals surface area contributed by atoms with Gasteiger partial charge < -0.3 is 9.30 Å². The number of hydrogen-bond donors (Lipinski definition) is 0. The molecule has 2 nitrogen and oxygen atoms in total. The summed E-state index contributed by atoms with van der Waals surface area (Å²) in [6.07, 6.45) is -4.39. The van der Waals surface area contributed by atoms with Crippen molar-refractivity contribution in [1.82, 2.24) is 4.57 Å². The molecule has 0 saturated carbocycles. The van der Waals surface area contributed by atoms with Crippen molar-refractivity contribution >= 4 is 21.8 Å². The summed E-state index contributed by atoms with van der Waals surface area (Å²) >= 11 is 0. The molecule has 0 radical (unpaired) electrons. The smallest absolute Gasteiger partial charge is 0.422 e. The molecular weight excluding hydrogens is 399 g/mol. The molecule has 4 aromatic carbocycles. The highest BCUT2D eigenvalue weighted by Crippen LogP contribution is 2.47. The van der Waals surface area contributed by atoms with E-state index < -0.39 is 12.8 Å². The molecule has 6 rings (SSSR count). The minimum absolute atomic E-state index is 0.199. The Bertz CT molecular complexity index is 1480. The van der Waals surface area contributed by atoms with Gasteiger partial charge in [-0.3, -0.25) is 0 Å². The van der Waals surface area contributed by atoms with E-state index in [1.807, 2.05) is 36.4 Å². The summed E-state index contributed by atoms with van der Waals surface area (Å²) in [4.78, 5) is 0. The Balaban J connectivity index is 1.71. The quantitative estimate of drug-likeness (QED) is 0.288. The molecule has 0 bridgehead atoms. The second-order valence-corrected chi connectivity index (χ2v) is 7.68. The first-order valence-corrected chi connectivity index (χ1v) is 9.97. The van der Waals surface area contributed by atoms with E-state index in [0.29, 0.717) is 0 Å². The molecule has 5 aromatic rings. The molecule has 0 atom stereocenters. The molecule has 152 valence electrons. The van der Waals surface area contributed by atoms with Crippen LogP contribution in [0.4, 0.5) is 13.2 Å². The molecular formula is C26H16F3NO. The Kier molecular flexibility index (Phi) is 3.72. The van der Waals surface area contributed by atoms with Gasteiger partial charge in [-0.25, -0.2) is 0 Å². The highest BCUT2D eigenvalue weighted by molar-refractivity contribution is 6.16. The number of alkyl halides is 3. The lowest BCUT2D eigenvalue weighted by atomic mass is 9.93. The van der Waals surface area contributed by atoms with Gasteiger partial charge in [0.1, 0.15) is 5.75 Å². The van der Waals surface area contributed by atoms with E-state index in [-0.39, 0.29) is 5.75 Å². The molecule has 5 heteroatoms. The van der Waals surface area contributed by atoms with Crippen molar-refractivity contribution in [3.63, 3.8) is 0 Å². The Labute approximate surface area is 176 Å². The third-order valence-electron chi connectivity index (χ3n) is 5.81. The summed E-state index contributed by atoms with van der Waals surface area (Å²) in [7, 11) is 0. The molecule has 0 N–H and O–H groups in total. The van der Waals surface area contributed by atoms with Gasteiger partial charge in [0, 0.05) is 21.9 Å². The molecule has 1 aromatic heterocycles. The first-order chi connectivity index (χ1) is 15.0. The van der Waals surface area contributed by atoms with E-state index in [0.717, 1.165) is 49.7 Å². The molecule has 31 heavy (non-hydrogen) atoms.